The number of hydrogen-bond acceptors (Lipinski definition) is 2. The van der Waals surface area contributed by atoms with Crippen LogP contribution in [0, 0.1) is 46.3 Å². The van der Waals surface area contributed by atoms with Crippen molar-refractivity contribution in [2.45, 2.75) is 76.7 Å². The van der Waals surface area contributed by atoms with E-state index in [4.69, 9.17) is 0 Å². The maximum Gasteiger partial charge on any atom is 0.0866 e. The lowest BCUT2D eigenvalue weighted by Crippen LogP contribution is -2.55. The molecule has 4 aliphatic carbocycles. The van der Waals surface area contributed by atoms with Gasteiger partial charge in [0.1, 0.15) is 0 Å². The van der Waals surface area contributed by atoms with Gasteiger partial charge in [0, 0.05) is 0 Å². The minimum Gasteiger partial charge on any atom is -0.388 e. The number of nitriles is 1. The lowest BCUT2D eigenvalue weighted by molar-refractivity contribution is -0.135. The van der Waals surface area contributed by atoms with E-state index in [1.807, 2.05) is 0 Å². The Kier molecular flexibility index (Phi) is 3.16. The van der Waals surface area contributed by atoms with Gasteiger partial charge in [-0.15, -0.1) is 0 Å². The third-order valence-electron chi connectivity index (χ3n) is 8.07. The van der Waals surface area contributed by atoms with Crippen LogP contribution in [0.1, 0.15) is 71.1 Å². The van der Waals surface area contributed by atoms with E-state index in [0.717, 1.165) is 55.8 Å². The first-order chi connectivity index (χ1) is 10.1. The van der Waals surface area contributed by atoms with E-state index in [0.29, 0.717) is 5.92 Å². The van der Waals surface area contributed by atoms with E-state index in [1.54, 1.807) is 0 Å². The molecule has 2 nitrogen and oxygen atoms in total. The van der Waals surface area contributed by atoms with Crippen molar-refractivity contribution >= 4 is 0 Å². The average Bonchev–Trinajstić information content (AvgIpc) is 3.18. The van der Waals surface area contributed by atoms with Gasteiger partial charge in [-0.3, -0.25) is 0 Å². The highest BCUT2D eigenvalue weighted by molar-refractivity contribution is 5.22. The van der Waals surface area contributed by atoms with Crippen molar-refractivity contribution in [3.63, 3.8) is 0 Å². The topological polar surface area (TPSA) is 44.0 Å². The Labute approximate surface area is 128 Å². The van der Waals surface area contributed by atoms with Crippen LogP contribution in [0.4, 0.5) is 0 Å². The molecule has 5 atom stereocenters. The van der Waals surface area contributed by atoms with Gasteiger partial charge >= 0.3 is 0 Å². The molecule has 0 radical (unpaired) electrons. The molecule has 4 saturated carbocycles. The fourth-order valence-electron chi connectivity index (χ4n) is 6.88. The lowest BCUT2D eigenvalue weighted by Gasteiger charge is -2.51. The Bertz CT molecular complexity index is 459. The van der Waals surface area contributed by atoms with Gasteiger partial charge in [0.05, 0.1) is 17.1 Å². The Morgan fingerprint density at radius 1 is 1.14 bits per heavy atom. The molecule has 1 N–H and O–H groups in total. The summed E-state index contributed by atoms with van der Waals surface area (Å²) in [6, 6.07) is 2.66. The van der Waals surface area contributed by atoms with Crippen LogP contribution in [0.3, 0.4) is 0 Å². The van der Waals surface area contributed by atoms with Crippen LogP contribution in [0.15, 0.2) is 0 Å². The molecular formula is C19H29NO. The van der Waals surface area contributed by atoms with Crippen molar-refractivity contribution in [3.8, 4) is 6.07 Å². The minimum absolute atomic E-state index is 0.425. The zero-order valence-corrected chi connectivity index (χ0v) is 13.4. The largest absolute Gasteiger partial charge is 0.388 e. The van der Waals surface area contributed by atoms with Crippen molar-refractivity contribution in [2.24, 2.45) is 35.0 Å². The Morgan fingerprint density at radius 3 is 2.52 bits per heavy atom. The summed E-state index contributed by atoms with van der Waals surface area (Å²) in [5.41, 5.74) is -1.08. The SMILES string of the molecule is CCC1CCC(C#N)(C2(O)CC3CC2C2CCCC32)CC1. The van der Waals surface area contributed by atoms with Crippen LogP contribution < -0.4 is 0 Å². The van der Waals surface area contributed by atoms with E-state index >= 15 is 0 Å². The van der Waals surface area contributed by atoms with Gasteiger partial charge < -0.3 is 5.11 Å². The predicted molar refractivity (Wildman–Crippen MR) is 82.3 cm³/mol. The summed E-state index contributed by atoms with van der Waals surface area (Å²) < 4.78 is 0. The second-order valence-electron chi connectivity index (χ2n) is 8.53. The molecule has 0 aromatic rings. The first-order valence-electron chi connectivity index (χ1n) is 9.27. The Balaban J connectivity index is 1.61. The van der Waals surface area contributed by atoms with Crippen molar-refractivity contribution in [1.29, 1.82) is 5.26 Å². The molecule has 116 valence electrons. The standard InChI is InChI=1S/C19H29NO/c1-2-13-6-8-18(12-20,9-7-13)19(21)11-14-10-17(19)16-5-3-4-15(14)16/h13-17,21H,2-11H2,1H3. The smallest absolute Gasteiger partial charge is 0.0866 e. The minimum atomic E-state index is -0.656. The van der Waals surface area contributed by atoms with Crippen molar-refractivity contribution in [3.05, 3.63) is 0 Å². The molecular weight excluding hydrogens is 258 g/mol. The number of fused-ring (bicyclic) bond motifs is 5. The van der Waals surface area contributed by atoms with Gasteiger partial charge in [0.15, 0.2) is 0 Å². The number of hydrogen-bond donors (Lipinski definition) is 1. The zero-order valence-electron chi connectivity index (χ0n) is 13.4. The average molecular weight is 287 g/mol. The number of nitrogens with zero attached hydrogens (tertiary/aromatic N) is 1. The molecule has 0 aromatic carbocycles. The summed E-state index contributed by atoms with van der Waals surface area (Å²) in [6.45, 7) is 2.26. The van der Waals surface area contributed by atoms with Gasteiger partial charge in [-0.05, 0) is 81.0 Å². The molecule has 2 heteroatoms. The van der Waals surface area contributed by atoms with E-state index in [-0.39, 0.29) is 0 Å². The molecule has 0 amide bonds. The Hall–Kier alpha value is -0.550. The second-order valence-corrected chi connectivity index (χ2v) is 8.53. The van der Waals surface area contributed by atoms with Crippen LogP contribution in [-0.2, 0) is 0 Å². The van der Waals surface area contributed by atoms with Crippen LogP contribution in [-0.4, -0.2) is 10.7 Å². The first kappa shape index (κ1) is 14.1. The maximum atomic E-state index is 11.6. The molecule has 0 spiro atoms. The van der Waals surface area contributed by atoms with Gasteiger partial charge in [-0.25, -0.2) is 0 Å². The van der Waals surface area contributed by atoms with Crippen LogP contribution >= 0.6 is 0 Å². The first-order valence-corrected chi connectivity index (χ1v) is 9.27. The summed E-state index contributed by atoms with van der Waals surface area (Å²) in [5.74, 6) is 3.57. The molecule has 0 aromatic heterocycles. The van der Waals surface area contributed by atoms with Gasteiger partial charge in [0.25, 0.3) is 0 Å². The molecule has 4 aliphatic rings. The van der Waals surface area contributed by atoms with E-state index in [2.05, 4.69) is 13.0 Å². The van der Waals surface area contributed by atoms with Gasteiger partial charge in [-0.2, -0.15) is 5.26 Å². The molecule has 21 heavy (non-hydrogen) atoms. The number of rotatable bonds is 2. The monoisotopic (exact) mass is 287 g/mol. The van der Waals surface area contributed by atoms with Gasteiger partial charge in [0.2, 0.25) is 0 Å². The summed E-state index contributed by atoms with van der Waals surface area (Å²) in [4.78, 5) is 0. The summed E-state index contributed by atoms with van der Waals surface area (Å²) in [5, 5.41) is 21.6. The third kappa shape index (κ3) is 1.73. The zero-order chi connectivity index (χ0) is 14.7. The molecule has 4 fully saturated rings. The quantitative estimate of drug-likeness (QED) is 0.823. The highest BCUT2D eigenvalue weighted by Crippen LogP contribution is 2.68. The fourth-order valence-corrected chi connectivity index (χ4v) is 6.88. The highest BCUT2D eigenvalue weighted by Gasteiger charge is 2.67. The maximum absolute atomic E-state index is 11.6. The molecule has 0 heterocycles. The molecule has 0 aliphatic heterocycles. The van der Waals surface area contributed by atoms with Crippen LogP contribution in [0.5, 0.6) is 0 Å². The summed E-state index contributed by atoms with van der Waals surface area (Å²) >= 11 is 0. The molecule has 4 rings (SSSR count). The van der Waals surface area contributed by atoms with Crippen LogP contribution in [0.2, 0.25) is 0 Å². The summed E-state index contributed by atoms with van der Waals surface area (Å²) in [6.07, 6.45) is 11.6. The predicted octanol–water partition coefficient (Wildman–Crippen LogP) is 4.28. The Morgan fingerprint density at radius 2 is 1.86 bits per heavy atom. The van der Waals surface area contributed by atoms with Crippen molar-refractivity contribution in [1.82, 2.24) is 0 Å². The van der Waals surface area contributed by atoms with Gasteiger partial charge in [-0.1, -0.05) is 19.8 Å². The second kappa shape index (κ2) is 4.72. The van der Waals surface area contributed by atoms with Crippen molar-refractivity contribution < 1.29 is 5.11 Å². The van der Waals surface area contributed by atoms with E-state index in [1.165, 1.54) is 32.1 Å². The number of aliphatic hydroxyl groups is 1. The molecule has 0 saturated heterocycles. The lowest BCUT2D eigenvalue weighted by atomic mass is 9.55. The summed E-state index contributed by atoms with van der Waals surface area (Å²) in [7, 11) is 0. The van der Waals surface area contributed by atoms with Crippen LogP contribution in [0.25, 0.3) is 0 Å². The van der Waals surface area contributed by atoms with E-state index < -0.39 is 11.0 Å². The highest BCUT2D eigenvalue weighted by atomic mass is 16.3. The molecule has 5 unspecified atom stereocenters. The van der Waals surface area contributed by atoms with E-state index in [9.17, 15) is 10.4 Å². The fraction of sp³-hybridized carbons (Fsp3) is 0.947. The normalized spacial score (nSPS) is 55.4. The third-order valence-corrected chi connectivity index (χ3v) is 8.07. The van der Waals surface area contributed by atoms with Crippen molar-refractivity contribution in [2.75, 3.05) is 0 Å². The molecule has 2 bridgehead atoms.